The van der Waals surface area contributed by atoms with Crippen molar-refractivity contribution < 1.29 is 22.7 Å². The Hall–Kier alpha value is -2.50. The normalized spacial score (nSPS) is 10.9. The Morgan fingerprint density at radius 3 is 2.60 bits per heavy atom. The number of anilines is 1. The summed E-state index contributed by atoms with van der Waals surface area (Å²) < 4.78 is 42.9. The van der Waals surface area contributed by atoms with Crippen molar-refractivity contribution in [2.24, 2.45) is 4.99 Å². The number of alkyl halides is 2. The monoisotopic (exact) mass is 536 g/mol. The van der Waals surface area contributed by atoms with Gasteiger partial charge in [0.2, 0.25) is 5.91 Å². The van der Waals surface area contributed by atoms with Crippen molar-refractivity contribution in [2.75, 3.05) is 18.4 Å². The lowest BCUT2D eigenvalue weighted by atomic mass is 10.1. The van der Waals surface area contributed by atoms with Crippen LogP contribution in [0.15, 0.2) is 47.5 Å². The minimum Gasteiger partial charge on any atom is -0.434 e. The van der Waals surface area contributed by atoms with Crippen LogP contribution in [-0.2, 0) is 11.3 Å². The van der Waals surface area contributed by atoms with E-state index in [1.54, 1.807) is 18.2 Å². The number of benzene rings is 2. The molecule has 0 aliphatic heterocycles. The second-order valence-electron chi connectivity index (χ2n) is 6.10. The summed E-state index contributed by atoms with van der Waals surface area (Å²) in [6.45, 7) is 1.24. The highest BCUT2D eigenvalue weighted by Gasteiger charge is 2.10. The van der Waals surface area contributed by atoms with E-state index in [1.807, 2.05) is 13.8 Å². The van der Waals surface area contributed by atoms with Crippen LogP contribution in [0, 0.1) is 12.7 Å². The number of amides is 1. The van der Waals surface area contributed by atoms with E-state index in [2.05, 4.69) is 25.7 Å². The highest BCUT2D eigenvalue weighted by atomic mass is 127. The molecular weight excluding hydrogens is 512 g/mol. The fraction of sp³-hybridized carbons (Fsp3) is 0.300. The third-order valence-electron chi connectivity index (χ3n) is 3.71. The maximum absolute atomic E-state index is 13.2. The summed E-state index contributed by atoms with van der Waals surface area (Å²) in [6.07, 6.45) is 0. The smallest absolute Gasteiger partial charge is 0.387 e. The highest BCUT2D eigenvalue weighted by molar-refractivity contribution is 14.0. The molecule has 3 N–H and O–H groups in total. The quantitative estimate of drug-likeness (QED) is 0.271. The molecule has 0 atom stereocenters. The van der Waals surface area contributed by atoms with Gasteiger partial charge < -0.3 is 20.7 Å². The van der Waals surface area contributed by atoms with Gasteiger partial charge in [-0.15, -0.1) is 24.0 Å². The van der Waals surface area contributed by atoms with Gasteiger partial charge in [-0.1, -0.05) is 23.8 Å². The van der Waals surface area contributed by atoms with Crippen LogP contribution in [0.1, 0.15) is 18.1 Å². The lowest BCUT2D eigenvalue weighted by molar-refractivity contribution is -0.115. The molecule has 0 aliphatic rings. The van der Waals surface area contributed by atoms with Crippen molar-refractivity contribution in [3.05, 3.63) is 59.4 Å². The third kappa shape index (κ3) is 8.89. The summed E-state index contributed by atoms with van der Waals surface area (Å²) in [4.78, 5) is 16.4. The Morgan fingerprint density at radius 1 is 1.17 bits per heavy atom. The van der Waals surface area contributed by atoms with E-state index < -0.39 is 18.3 Å². The van der Waals surface area contributed by atoms with E-state index >= 15 is 0 Å². The number of aliphatic imine (C=N–C) groups is 1. The predicted octanol–water partition coefficient (Wildman–Crippen LogP) is 4.05. The zero-order valence-corrected chi connectivity index (χ0v) is 18.9. The van der Waals surface area contributed by atoms with E-state index in [0.717, 1.165) is 5.56 Å². The molecule has 6 nitrogen and oxygen atoms in total. The average molecular weight is 536 g/mol. The molecule has 164 valence electrons. The number of nitrogens with one attached hydrogen (secondary N) is 3. The molecule has 0 bridgehead atoms. The number of rotatable bonds is 8. The van der Waals surface area contributed by atoms with Gasteiger partial charge in [-0.2, -0.15) is 8.78 Å². The van der Waals surface area contributed by atoms with Gasteiger partial charge in [0, 0.05) is 17.8 Å². The standard InChI is InChI=1S/C20H23F3N4O2.HI/c1-3-24-20(26-12-18(28)27-16-6-4-5-15(21)10-16)25-11-14-9-13(2)7-8-17(14)29-19(22)23;/h4-10,19H,3,11-12H2,1-2H3,(H,27,28)(H2,24,25,26);1H. The maximum atomic E-state index is 13.2. The second-order valence-corrected chi connectivity index (χ2v) is 6.10. The van der Waals surface area contributed by atoms with Gasteiger partial charge in [0.25, 0.3) is 0 Å². The Bertz CT molecular complexity index is 866. The van der Waals surface area contributed by atoms with Crippen LogP contribution in [0.4, 0.5) is 18.9 Å². The van der Waals surface area contributed by atoms with Crippen LogP contribution < -0.4 is 20.7 Å². The molecule has 0 radical (unpaired) electrons. The first-order valence-electron chi connectivity index (χ1n) is 8.99. The molecule has 0 aromatic heterocycles. The van der Waals surface area contributed by atoms with Crippen LogP contribution in [0.3, 0.4) is 0 Å². The first kappa shape index (κ1) is 25.5. The molecule has 30 heavy (non-hydrogen) atoms. The van der Waals surface area contributed by atoms with Gasteiger partial charge in [-0.3, -0.25) is 4.79 Å². The van der Waals surface area contributed by atoms with Crippen molar-refractivity contribution in [1.29, 1.82) is 0 Å². The summed E-state index contributed by atoms with van der Waals surface area (Å²) in [6, 6.07) is 10.4. The molecule has 2 rings (SSSR count). The van der Waals surface area contributed by atoms with Crippen molar-refractivity contribution >= 4 is 41.5 Å². The molecule has 0 saturated heterocycles. The Balaban J connectivity index is 0.00000450. The van der Waals surface area contributed by atoms with E-state index in [4.69, 9.17) is 0 Å². The van der Waals surface area contributed by atoms with Crippen molar-refractivity contribution in [2.45, 2.75) is 27.0 Å². The zero-order valence-electron chi connectivity index (χ0n) is 16.5. The largest absolute Gasteiger partial charge is 0.434 e. The van der Waals surface area contributed by atoms with Crippen LogP contribution in [0.5, 0.6) is 5.75 Å². The molecule has 1 amide bonds. The van der Waals surface area contributed by atoms with Crippen LogP contribution >= 0.6 is 24.0 Å². The lowest BCUT2D eigenvalue weighted by Crippen LogP contribution is -2.41. The molecule has 0 heterocycles. The molecule has 0 saturated carbocycles. The van der Waals surface area contributed by atoms with Crippen molar-refractivity contribution in [1.82, 2.24) is 10.6 Å². The van der Waals surface area contributed by atoms with Gasteiger partial charge in [0.1, 0.15) is 11.6 Å². The average Bonchev–Trinajstić information content (AvgIpc) is 2.65. The number of halogens is 4. The molecule has 0 aliphatic carbocycles. The van der Waals surface area contributed by atoms with Crippen molar-refractivity contribution in [3.8, 4) is 5.75 Å². The molecule has 0 unspecified atom stereocenters. The number of aryl methyl sites for hydroxylation is 1. The van der Waals surface area contributed by atoms with E-state index in [0.29, 0.717) is 23.8 Å². The number of carbonyl (C=O) groups is 1. The molecule has 2 aromatic carbocycles. The maximum Gasteiger partial charge on any atom is 0.387 e. The minimum absolute atomic E-state index is 0. The van der Waals surface area contributed by atoms with Gasteiger partial charge in [-0.25, -0.2) is 9.38 Å². The lowest BCUT2D eigenvalue weighted by Gasteiger charge is -2.13. The topological polar surface area (TPSA) is 74.8 Å². The molecule has 0 spiro atoms. The van der Waals surface area contributed by atoms with Crippen molar-refractivity contribution in [3.63, 3.8) is 0 Å². The zero-order chi connectivity index (χ0) is 21.2. The number of guanidine groups is 1. The van der Waals surface area contributed by atoms with Gasteiger partial charge in [-0.05, 0) is 38.1 Å². The SMILES string of the molecule is CCNC(=NCc1cc(C)ccc1OC(F)F)NCC(=O)Nc1cccc(F)c1.I. The summed E-state index contributed by atoms with van der Waals surface area (Å²) in [5.74, 6) is -0.468. The van der Waals surface area contributed by atoms with E-state index in [9.17, 15) is 18.0 Å². The van der Waals surface area contributed by atoms with Gasteiger partial charge in [0.15, 0.2) is 5.96 Å². The summed E-state index contributed by atoms with van der Waals surface area (Å²) in [5, 5.41) is 8.38. The first-order chi connectivity index (χ1) is 13.9. The summed E-state index contributed by atoms with van der Waals surface area (Å²) in [5.41, 5.74) is 1.71. The Labute approximate surface area is 190 Å². The molecular formula is C20H24F3IN4O2. The fourth-order valence-corrected chi connectivity index (χ4v) is 2.48. The highest BCUT2D eigenvalue weighted by Crippen LogP contribution is 2.22. The molecule has 2 aromatic rings. The summed E-state index contributed by atoms with van der Waals surface area (Å²) in [7, 11) is 0. The Kier molecular flexibility index (Phi) is 11.0. The number of ether oxygens (including phenoxy) is 1. The molecule has 0 fully saturated rings. The minimum atomic E-state index is -2.93. The third-order valence-corrected chi connectivity index (χ3v) is 3.71. The number of hydrogen-bond acceptors (Lipinski definition) is 3. The van der Waals surface area contributed by atoms with Crippen LogP contribution in [0.25, 0.3) is 0 Å². The fourth-order valence-electron chi connectivity index (χ4n) is 2.48. The summed E-state index contributed by atoms with van der Waals surface area (Å²) >= 11 is 0. The predicted molar refractivity (Wildman–Crippen MR) is 121 cm³/mol. The number of hydrogen-bond donors (Lipinski definition) is 3. The number of nitrogens with zero attached hydrogens (tertiary/aromatic N) is 1. The first-order valence-corrected chi connectivity index (χ1v) is 8.99. The van der Waals surface area contributed by atoms with E-state index in [1.165, 1.54) is 24.3 Å². The van der Waals surface area contributed by atoms with E-state index in [-0.39, 0.29) is 42.8 Å². The number of carbonyl (C=O) groups excluding carboxylic acids is 1. The molecule has 10 heteroatoms. The van der Waals surface area contributed by atoms with Gasteiger partial charge >= 0.3 is 6.61 Å². The van der Waals surface area contributed by atoms with Crippen LogP contribution in [-0.4, -0.2) is 31.6 Å². The van der Waals surface area contributed by atoms with Gasteiger partial charge in [0.05, 0.1) is 13.1 Å². The second kappa shape index (κ2) is 12.9. The van der Waals surface area contributed by atoms with Crippen LogP contribution in [0.2, 0.25) is 0 Å². The Morgan fingerprint density at radius 2 is 1.93 bits per heavy atom.